The Morgan fingerprint density at radius 3 is 2.34 bits per heavy atom. The highest BCUT2D eigenvalue weighted by atomic mass is 16.6. The highest BCUT2D eigenvalue weighted by Gasteiger charge is 2.28. The third-order valence-corrected chi connectivity index (χ3v) is 5.04. The predicted molar refractivity (Wildman–Crippen MR) is 109 cm³/mol. The molecule has 29 heavy (non-hydrogen) atoms. The summed E-state index contributed by atoms with van der Waals surface area (Å²) >= 11 is 0. The van der Waals surface area contributed by atoms with E-state index in [0.29, 0.717) is 38.2 Å². The van der Waals surface area contributed by atoms with E-state index in [1.807, 2.05) is 35.2 Å². The lowest BCUT2D eigenvalue weighted by molar-refractivity contribution is -0.384. The zero-order valence-electron chi connectivity index (χ0n) is 16.0. The van der Waals surface area contributed by atoms with Gasteiger partial charge in [-0.1, -0.05) is 42.5 Å². The molecule has 1 fully saturated rings. The number of hydrogen-bond donors (Lipinski definition) is 2. The summed E-state index contributed by atoms with van der Waals surface area (Å²) in [5.41, 5.74) is 1.65. The van der Waals surface area contributed by atoms with Crippen LogP contribution in [0.25, 0.3) is 0 Å². The van der Waals surface area contributed by atoms with Crippen molar-refractivity contribution >= 4 is 23.2 Å². The molecule has 0 saturated carbocycles. The Bertz CT molecular complexity index is 864. The molecule has 2 amide bonds. The number of benzene rings is 2. The van der Waals surface area contributed by atoms with E-state index in [4.69, 9.17) is 0 Å². The van der Waals surface area contributed by atoms with Crippen LogP contribution in [0.5, 0.6) is 0 Å². The van der Waals surface area contributed by atoms with Gasteiger partial charge in [0.1, 0.15) is 5.69 Å². The molecule has 0 aromatic heterocycles. The Hall–Kier alpha value is -3.42. The van der Waals surface area contributed by atoms with Gasteiger partial charge in [-0.25, -0.2) is 0 Å². The fourth-order valence-electron chi connectivity index (χ4n) is 3.44. The topological polar surface area (TPSA) is 105 Å². The summed E-state index contributed by atoms with van der Waals surface area (Å²) in [5, 5.41) is 16.7. The molecule has 0 spiro atoms. The van der Waals surface area contributed by atoms with Crippen LogP contribution < -0.4 is 15.5 Å². The Kier molecular flexibility index (Phi) is 6.78. The number of nitro groups is 1. The minimum Gasteiger partial charge on any atom is -0.366 e. The summed E-state index contributed by atoms with van der Waals surface area (Å²) in [7, 11) is 0. The van der Waals surface area contributed by atoms with Crippen LogP contribution in [0.1, 0.15) is 18.4 Å². The van der Waals surface area contributed by atoms with Crippen LogP contribution in [-0.4, -0.2) is 36.4 Å². The van der Waals surface area contributed by atoms with Crippen molar-refractivity contribution in [1.29, 1.82) is 0 Å². The first-order chi connectivity index (χ1) is 14.0. The molecule has 0 unspecified atom stereocenters. The molecule has 152 valence electrons. The van der Waals surface area contributed by atoms with E-state index in [0.717, 1.165) is 5.56 Å². The average molecular weight is 396 g/mol. The molecule has 2 N–H and O–H groups in total. The van der Waals surface area contributed by atoms with Gasteiger partial charge in [0.05, 0.1) is 11.5 Å². The molecule has 2 aromatic rings. The van der Waals surface area contributed by atoms with Gasteiger partial charge in [0.15, 0.2) is 0 Å². The minimum absolute atomic E-state index is 0.0595. The average Bonchev–Trinajstić information content (AvgIpc) is 2.77. The van der Waals surface area contributed by atoms with E-state index < -0.39 is 0 Å². The SMILES string of the molecule is O=C(CNC(=O)C1CCN(c2ccccc2[N+](=O)[O-])CC1)NCc1ccccc1. The maximum absolute atomic E-state index is 12.4. The zero-order chi connectivity index (χ0) is 20.6. The van der Waals surface area contributed by atoms with Crippen molar-refractivity contribution in [2.45, 2.75) is 19.4 Å². The van der Waals surface area contributed by atoms with E-state index >= 15 is 0 Å². The van der Waals surface area contributed by atoms with Gasteiger partial charge < -0.3 is 15.5 Å². The van der Waals surface area contributed by atoms with Gasteiger partial charge in [0, 0.05) is 31.6 Å². The number of nitro benzene ring substituents is 1. The Morgan fingerprint density at radius 2 is 1.66 bits per heavy atom. The third kappa shape index (κ3) is 5.54. The smallest absolute Gasteiger partial charge is 0.292 e. The molecule has 2 aromatic carbocycles. The summed E-state index contributed by atoms with van der Waals surface area (Å²) in [6, 6.07) is 16.2. The van der Waals surface area contributed by atoms with Gasteiger partial charge in [0.2, 0.25) is 11.8 Å². The molecular weight excluding hydrogens is 372 g/mol. The lowest BCUT2D eigenvalue weighted by Crippen LogP contribution is -2.43. The molecule has 1 aliphatic heterocycles. The first-order valence-electron chi connectivity index (χ1n) is 9.61. The Balaban J connectivity index is 1.43. The van der Waals surface area contributed by atoms with Crippen molar-refractivity contribution in [3.05, 3.63) is 70.3 Å². The zero-order valence-corrected chi connectivity index (χ0v) is 16.0. The number of carbonyl (C=O) groups excluding carboxylic acids is 2. The van der Waals surface area contributed by atoms with Crippen LogP contribution in [0.15, 0.2) is 54.6 Å². The molecule has 8 heteroatoms. The molecule has 0 radical (unpaired) electrons. The van der Waals surface area contributed by atoms with Crippen LogP contribution in [0.2, 0.25) is 0 Å². The van der Waals surface area contributed by atoms with Gasteiger partial charge in [-0.05, 0) is 24.5 Å². The first-order valence-corrected chi connectivity index (χ1v) is 9.61. The molecule has 8 nitrogen and oxygen atoms in total. The first kappa shape index (κ1) is 20.3. The van der Waals surface area contributed by atoms with Gasteiger partial charge in [-0.3, -0.25) is 19.7 Å². The quantitative estimate of drug-likeness (QED) is 0.552. The lowest BCUT2D eigenvalue weighted by atomic mass is 9.95. The summed E-state index contributed by atoms with van der Waals surface area (Å²) in [4.78, 5) is 37.1. The van der Waals surface area contributed by atoms with Crippen LogP contribution in [-0.2, 0) is 16.1 Å². The largest absolute Gasteiger partial charge is 0.366 e. The number of nitrogens with zero attached hydrogens (tertiary/aromatic N) is 2. The molecule has 1 heterocycles. The number of carbonyl (C=O) groups is 2. The molecule has 0 bridgehead atoms. The summed E-state index contributed by atoms with van der Waals surface area (Å²) in [6.07, 6.45) is 1.17. The van der Waals surface area contributed by atoms with Crippen LogP contribution in [0.3, 0.4) is 0 Å². The van der Waals surface area contributed by atoms with Crippen LogP contribution in [0.4, 0.5) is 11.4 Å². The van der Waals surface area contributed by atoms with E-state index in [9.17, 15) is 19.7 Å². The number of piperidine rings is 1. The number of para-hydroxylation sites is 2. The van der Waals surface area contributed by atoms with Crippen molar-refractivity contribution in [1.82, 2.24) is 10.6 Å². The van der Waals surface area contributed by atoms with Crippen molar-refractivity contribution in [2.24, 2.45) is 5.92 Å². The monoisotopic (exact) mass is 396 g/mol. The van der Waals surface area contributed by atoms with Gasteiger partial charge in [0.25, 0.3) is 5.69 Å². The fraction of sp³-hybridized carbons (Fsp3) is 0.333. The number of anilines is 1. The number of rotatable bonds is 7. The maximum atomic E-state index is 12.4. The second kappa shape index (κ2) is 9.68. The van der Waals surface area contributed by atoms with Gasteiger partial charge >= 0.3 is 0 Å². The fourth-order valence-corrected chi connectivity index (χ4v) is 3.44. The lowest BCUT2D eigenvalue weighted by Gasteiger charge is -2.32. The summed E-state index contributed by atoms with van der Waals surface area (Å²) < 4.78 is 0. The summed E-state index contributed by atoms with van der Waals surface area (Å²) in [6.45, 7) is 1.48. The predicted octanol–water partition coefficient (Wildman–Crippen LogP) is 2.24. The van der Waals surface area contributed by atoms with Gasteiger partial charge in [-0.15, -0.1) is 0 Å². The van der Waals surface area contributed by atoms with E-state index in [1.54, 1.807) is 18.2 Å². The van der Waals surface area contributed by atoms with E-state index in [2.05, 4.69) is 10.6 Å². The van der Waals surface area contributed by atoms with Crippen LogP contribution >= 0.6 is 0 Å². The van der Waals surface area contributed by atoms with Gasteiger partial charge in [-0.2, -0.15) is 0 Å². The second-order valence-corrected chi connectivity index (χ2v) is 6.99. The minimum atomic E-state index is -0.387. The standard InChI is InChI=1S/C21H24N4O4/c26-20(22-14-16-6-2-1-3-7-16)15-23-21(27)17-10-12-24(13-11-17)18-8-4-5-9-19(18)25(28)29/h1-9,17H,10-15H2,(H,22,26)(H,23,27). The number of nitrogens with one attached hydrogen (secondary N) is 2. The maximum Gasteiger partial charge on any atom is 0.292 e. The number of hydrogen-bond acceptors (Lipinski definition) is 5. The molecule has 3 rings (SSSR count). The Labute approximate surface area is 169 Å². The summed E-state index contributed by atoms with van der Waals surface area (Å²) in [5.74, 6) is -0.586. The molecule has 0 atom stereocenters. The van der Waals surface area contributed by atoms with Crippen molar-refractivity contribution in [2.75, 3.05) is 24.5 Å². The van der Waals surface area contributed by atoms with E-state index in [-0.39, 0.29) is 34.9 Å². The molecule has 1 saturated heterocycles. The molecule has 1 aliphatic rings. The molecular formula is C21H24N4O4. The Morgan fingerprint density at radius 1 is 1.00 bits per heavy atom. The second-order valence-electron chi connectivity index (χ2n) is 6.99. The van der Waals surface area contributed by atoms with Crippen molar-refractivity contribution in [3.63, 3.8) is 0 Å². The third-order valence-electron chi connectivity index (χ3n) is 5.04. The highest BCUT2D eigenvalue weighted by molar-refractivity contribution is 5.86. The normalized spacial score (nSPS) is 14.3. The van der Waals surface area contributed by atoms with Crippen LogP contribution in [0, 0.1) is 16.0 Å². The van der Waals surface area contributed by atoms with Crippen molar-refractivity contribution in [3.8, 4) is 0 Å². The van der Waals surface area contributed by atoms with E-state index in [1.165, 1.54) is 6.07 Å². The molecule has 0 aliphatic carbocycles. The van der Waals surface area contributed by atoms with Crippen molar-refractivity contribution < 1.29 is 14.5 Å². The number of amides is 2. The highest BCUT2D eigenvalue weighted by Crippen LogP contribution is 2.31.